The summed E-state index contributed by atoms with van der Waals surface area (Å²) in [5.74, 6) is 0.470. The van der Waals surface area contributed by atoms with Gasteiger partial charge in [-0.2, -0.15) is 9.40 Å². The Morgan fingerprint density at radius 1 is 1.20 bits per heavy atom. The molecule has 1 aromatic carbocycles. The molecule has 0 saturated heterocycles. The molecular weight excluding hydrogens is 334 g/mol. The van der Waals surface area contributed by atoms with Crippen molar-refractivity contribution in [3.8, 4) is 0 Å². The maximum Gasteiger partial charge on any atom is 0.247 e. The largest absolute Gasteiger partial charge is 0.271 e. The van der Waals surface area contributed by atoms with Crippen LogP contribution in [0.1, 0.15) is 55.1 Å². The van der Waals surface area contributed by atoms with Gasteiger partial charge in [-0.3, -0.25) is 4.68 Å². The molecule has 0 atom stereocenters. The van der Waals surface area contributed by atoms with Crippen LogP contribution >= 0.6 is 0 Å². The smallest absolute Gasteiger partial charge is 0.247 e. The Balaban J connectivity index is 1.93. The lowest BCUT2D eigenvalue weighted by Crippen LogP contribution is -2.33. The summed E-state index contributed by atoms with van der Waals surface area (Å²) in [6, 6.07) is 8.39. The van der Waals surface area contributed by atoms with Gasteiger partial charge >= 0.3 is 0 Å². The number of hydrogen-bond donors (Lipinski definition) is 0. The molecule has 1 aliphatic rings. The SMILES string of the molecule is Cc1nn(C)c(C)c1S(=O)(=O)N(Cc1ccc(C(C)C)cc1)C1CC1. The van der Waals surface area contributed by atoms with E-state index in [2.05, 4.69) is 31.1 Å². The molecule has 0 spiro atoms. The summed E-state index contributed by atoms with van der Waals surface area (Å²) in [4.78, 5) is 0.362. The van der Waals surface area contributed by atoms with Crippen LogP contribution in [0.2, 0.25) is 0 Å². The van der Waals surface area contributed by atoms with Crippen LogP contribution in [0.25, 0.3) is 0 Å². The Kier molecular flexibility index (Phi) is 4.77. The highest BCUT2D eigenvalue weighted by Crippen LogP contribution is 2.35. The van der Waals surface area contributed by atoms with E-state index in [4.69, 9.17) is 0 Å². The molecular formula is C19H27N3O2S. The van der Waals surface area contributed by atoms with E-state index in [-0.39, 0.29) is 6.04 Å². The Bertz CT molecular complexity index is 863. The van der Waals surface area contributed by atoms with E-state index in [1.807, 2.05) is 19.1 Å². The first kappa shape index (κ1) is 18.1. The minimum atomic E-state index is -3.55. The Labute approximate surface area is 150 Å². The molecule has 1 fully saturated rings. The highest BCUT2D eigenvalue weighted by molar-refractivity contribution is 7.89. The van der Waals surface area contributed by atoms with Crippen molar-refractivity contribution in [2.45, 2.75) is 63.9 Å². The predicted octanol–water partition coefficient (Wildman–Crippen LogP) is 3.51. The van der Waals surface area contributed by atoms with Crippen LogP contribution in [0.3, 0.4) is 0 Å². The average molecular weight is 362 g/mol. The molecule has 1 aromatic heterocycles. The zero-order valence-electron chi connectivity index (χ0n) is 15.7. The summed E-state index contributed by atoms with van der Waals surface area (Å²) >= 11 is 0. The minimum Gasteiger partial charge on any atom is -0.271 e. The zero-order valence-corrected chi connectivity index (χ0v) is 16.5. The molecule has 0 unspecified atom stereocenters. The van der Waals surface area contributed by atoms with Gasteiger partial charge in [0.25, 0.3) is 0 Å². The van der Waals surface area contributed by atoms with Gasteiger partial charge in [0.05, 0.1) is 11.4 Å². The second-order valence-corrected chi connectivity index (χ2v) is 9.13. The van der Waals surface area contributed by atoms with E-state index in [9.17, 15) is 8.42 Å². The maximum atomic E-state index is 13.3. The van der Waals surface area contributed by atoms with Crippen LogP contribution in [-0.2, 0) is 23.6 Å². The molecule has 6 heteroatoms. The fourth-order valence-corrected chi connectivity index (χ4v) is 5.28. The lowest BCUT2D eigenvalue weighted by atomic mass is 10.0. The number of hydrogen-bond acceptors (Lipinski definition) is 3. The topological polar surface area (TPSA) is 55.2 Å². The Morgan fingerprint density at radius 3 is 2.24 bits per heavy atom. The lowest BCUT2D eigenvalue weighted by Gasteiger charge is -2.22. The first-order valence-corrected chi connectivity index (χ1v) is 10.3. The number of nitrogens with zero attached hydrogens (tertiary/aromatic N) is 3. The van der Waals surface area contributed by atoms with Gasteiger partial charge < -0.3 is 0 Å². The van der Waals surface area contributed by atoms with Crippen molar-refractivity contribution in [1.29, 1.82) is 0 Å². The number of sulfonamides is 1. The van der Waals surface area contributed by atoms with E-state index in [1.54, 1.807) is 23.0 Å². The van der Waals surface area contributed by atoms with E-state index in [0.29, 0.717) is 28.7 Å². The van der Waals surface area contributed by atoms with Gasteiger partial charge in [-0.1, -0.05) is 38.1 Å². The first-order chi connectivity index (χ1) is 11.7. The molecule has 1 heterocycles. The summed E-state index contributed by atoms with van der Waals surface area (Å²) < 4.78 is 29.9. The third-order valence-corrected chi connectivity index (χ3v) is 7.10. The molecule has 3 rings (SSSR count). The normalized spacial score (nSPS) is 15.3. The van der Waals surface area contributed by atoms with Crippen LogP contribution < -0.4 is 0 Å². The van der Waals surface area contributed by atoms with Crippen LogP contribution in [0, 0.1) is 13.8 Å². The second-order valence-electron chi connectivity index (χ2n) is 7.30. The Morgan fingerprint density at radius 2 is 1.80 bits per heavy atom. The van der Waals surface area contributed by atoms with Gasteiger partial charge in [0.15, 0.2) is 0 Å². The maximum absolute atomic E-state index is 13.3. The van der Waals surface area contributed by atoms with E-state index in [0.717, 1.165) is 18.4 Å². The van der Waals surface area contributed by atoms with Gasteiger partial charge in [0.2, 0.25) is 10.0 Å². The predicted molar refractivity (Wildman–Crippen MR) is 99.0 cm³/mol. The summed E-state index contributed by atoms with van der Waals surface area (Å²) in [6.45, 7) is 8.31. The summed E-state index contributed by atoms with van der Waals surface area (Å²) in [5, 5.41) is 4.29. The molecule has 1 saturated carbocycles. The molecule has 1 aliphatic carbocycles. The third-order valence-electron chi connectivity index (χ3n) is 4.95. The summed E-state index contributed by atoms with van der Waals surface area (Å²) in [5.41, 5.74) is 3.56. The van der Waals surface area contributed by atoms with E-state index >= 15 is 0 Å². The lowest BCUT2D eigenvalue weighted by molar-refractivity contribution is 0.398. The average Bonchev–Trinajstić information content (AvgIpc) is 3.33. The molecule has 0 radical (unpaired) electrons. The van der Waals surface area contributed by atoms with Gasteiger partial charge in [-0.05, 0) is 43.7 Å². The monoisotopic (exact) mass is 361 g/mol. The number of benzene rings is 1. The fourth-order valence-electron chi connectivity index (χ4n) is 3.21. The molecule has 0 amide bonds. The van der Waals surface area contributed by atoms with Gasteiger partial charge in [0, 0.05) is 19.6 Å². The molecule has 0 bridgehead atoms. The number of rotatable bonds is 6. The molecule has 0 aliphatic heterocycles. The van der Waals surface area contributed by atoms with Gasteiger partial charge in [-0.25, -0.2) is 8.42 Å². The van der Waals surface area contributed by atoms with Crippen molar-refractivity contribution in [3.05, 3.63) is 46.8 Å². The van der Waals surface area contributed by atoms with Crippen molar-refractivity contribution < 1.29 is 8.42 Å². The molecule has 5 nitrogen and oxygen atoms in total. The zero-order chi connectivity index (χ0) is 18.4. The number of aryl methyl sites for hydroxylation is 2. The standard InChI is InChI=1S/C19H27N3O2S/c1-13(2)17-8-6-16(7-9-17)12-22(18-10-11-18)25(23,24)19-14(3)20-21(5)15(19)4/h6-9,13,18H,10-12H2,1-5H3. The van der Waals surface area contributed by atoms with Gasteiger partial charge in [0.1, 0.15) is 4.90 Å². The van der Waals surface area contributed by atoms with Crippen molar-refractivity contribution in [3.63, 3.8) is 0 Å². The van der Waals surface area contributed by atoms with Crippen molar-refractivity contribution in [1.82, 2.24) is 14.1 Å². The third kappa shape index (κ3) is 3.51. The second kappa shape index (κ2) is 6.57. The highest BCUT2D eigenvalue weighted by Gasteiger charge is 2.40. The van der Waals surface area contributed by atoms with Crippen LogP contribution in [0.5, 0.6) is 0 Å². The molecule has 136 valence electrons. The van der Waals surface area contributed by atoms with Crippen LogP contribution in [-0.4, -0.2) is 28.5 Å². The highest BCUT2D eigenvalue weighted by atomic mass is 32.2. The minimum absolute atomic E-state index is 0.105. The summed E-state index contributed by atoms with van der Waals surface area (Å²) in [7, 11) is -1.77. The van der Waals surface area contributed by atoms with E-state index < -0.39 is 10.0 Å². The molecule has 25 heavy (non-hydrogen) atoms. The summed E-state index contributed by atoms with van der Waals surface area (Å²) in [6.07, 6.45) is 1.86. The van der Waals surface area contributed by atoms with Crippen molar-refractivity contribution in [2.24, 2.45) is 7.05 Å². The number of aromatic nitrogens is 2. The molecule has 0 N–H and O–H groups in total. The quantitative estimate of drug-likeness (QED) is 0.791. The van der Waals surface area contributed by atoms with Crippen LogP contribution in [0.4, 0.5) is 0 Å². The van der Waals surface area contributed by atoms with Gasteiger partial charge in [-0.15, -0.1) is 0 Å². The van der Waals surface area contributed by atoms with Crippen molar-refractivity contribution in [2.75, 3.05) is 0 Å². The Hall–Kier alpha value is -1.66. The van der Waals surface area contributed by atoms with Crippen LogP contribution in [0.15, 0.2) is 29.2 Å². The first-order valence-electron chi connectivity index (χ1n) is 8.82. The molecule has 2 aromatic rings. The fraction of sp³-hybridized carbons (Fsp3) is 0.526. The van der Waals surface area contributed by atoms with Crippen molar-refractivity contribution >= 4 is 10.0 Å². The van der Waals surface area contributed by atoms with E-state index in [1.165, 1.54) is 5.56 Å².